The van der Waals surface area contributed by atoms with Crippen molar-refractivity contribution in [1.29, 1.82) is 0 Å². The fourth-order valence-corrected chi connectivity index (χ4v) is 3.20. The van der Waals surface area contributed by atoms with E-state index in [1.165, 1.54) is 6.42 Å². The summed E-state index contributed by atoms with van der Waals surface area (Å²) in [4.78, 5) is 12.4. The number of hydrogen-bond acceptors (Lipinski definition) is 1. The standard InChI is InChI=1S/C15H17BrN2O/c1-2-18-13(15(19)17-11-6-4-7-11)9-10-5-3-8-12(16)14(10)18/h3,5,8-9,11H,2,4,6-7H2,1H3,(H,17,19). The van der Waals surface area contributed by atoms with Crippen LogP contribution in [0, 0.1) is 0 Å². The number of amides is 1. The SMILES string of the molecule is CCn1c(C(=O)NC2CCC2)cc2cccc(Br)c21. The number of carbonyl (C=O) groups is 1. The van der Waals surface area contributed by atoms with Crippen molar-refractivity contribution in [2.75, 3.05) is 0 Å². The minimum atomic E-state index is 0.0506. The summed E-state index contributed by atoms with van der Waals surface area (Å²) < 4.78 is 3.11. The van der Waals surface area contributed by atoms with Gasteiger partial charge in [0.1, 0.15) is 5.69 Å². The second-order valence-electron chi connectivity index (χ2n) is 5.05. The van der Waals surface area contributed by atoms with Gasteiger partial charge in [0.25, 0.3) is 5.91 Å². The molecule has 3 rings (SSSR count). The summed E-state index contributed by atoms with van der Waals surface area (Å²) in [6.45, 7) is 2.86. The summed E-state index contributed by atoms with van der Waals surface area (Å²) >= 11 is 3.57. The molecular weight excluding hydrogens is 304 g/mol. The first kappa shape index (κ1) is 12.7. The number of halogens is 1. The number of nitrogens with one attached hydrogen (secondary N) is 1. The Bertz CT molecular complexity index is 628. The van der Waals surface area contributed by atoms with Gasteiger partial charge in [-0.3, -0.25) is 4.79 Å². The van der Waals surface area contributed by atoms with Gasteiger partial charge in [0, 0.05) is 22.4 Å². The zero-order valence-electron chi connectivity index (χ0n) is 10.9. The molecule has 1 aromatic carbocycles. The van der Waals surface area contributed by atoms with Gasteiger partial charge in [0.15, 0.2) is 0 Å². The lowest BCUT2D eigenvalue weighted by Gasteiger charge is -2.26. The molecule has 0 bridgehead atoms. The molecule has 3 nitrogen and oxygen atoms in total. The van der Waals surface area contributed by atoms with Gasteiger partial charge in [-0.2, -0.15) is 0 Å². The summed E-state index contributed by atoms with van der Waals surface area (Å²) in [7, 11) is 0. The second kappa shape index (κ2) is 5.00. The van der Waals surface area contributed by atoms with Crippen LogP contribution in [-0.4, -0.2) is 16.5 Å². The van der Waals surface area contributed by atoms with Crippen LogP contribution in [0.1, 0.15) is 36.7 Å². The Morgan fingerprint density at radius 3 is 2.89 bits per heavy atom. The average Bonchev–Trinajstić information content (AvgIpc) is 2.73. The third-order valence-electron chi connectivity index (χ3n) is 3.86. The number of aromatic nitrogens is 1. The lowest BCUT2D eigenvalue weighted by atomic mass is 9.93. The van der Waals surface area contributed by atoms with E-state index >= 15 is 0 Å². The maximum atomic E-state index is 12.4. The number of carbonyl (C=O) groups excluding carboxylic acids is 1. The third-order valence-corrected chi connectivity index (χ3v) is 4.50. The van der Waals surface area contributed by atoms with Crippen LogP contribution >= 0.6 is 15.9 Å². The van der Waals surface area contributed by atoms with Crippen molar-refractivity contribution in [3.8, 4) is 0 Å². The van der Waals surface area contributed by atoms with Crippen LogP contribution < -0.4 is 5.32 Å². The van der Waals surface area contributed by atoms with E-state index in [1.807, 2.05) is 24.3 Å². The van der Waals surface area contributed by atoms with Gasteiger partial charge < -0.3 is 9.88 Å². The molecule has 1 aromatic heterocycles. The number of benzene rings is 1. The van der Waals surface area contributed by atoms with Crippen LogP contribution in [-0.2, 0) is 6.54 Å². The molecule has 0 saturated heterocycles. The number of para-hydroxylation sites is 1. The normalized spacial score (nSPS) is 15.5. The van der Waals surface area contributed by atoms with Crippen LogP contribution in [0.5, 0.6) is 0 Å². The van der Waals surface area contributed by atoms with E-state index in [0.29, 0.717) is 6.04 Å². The molecule has 0 aliphatic heterocycles. The Balaban J connectivity index is 2.02. The summed E-state index contributed by atoms with van der Waals surface area (Å²) in [6, 6.07) is 8.42. The molecule has 1 N–H and O–H groups in total. The number of fused-ring (bicyclic) bond motifs is 1. The first-order chi connectivity index (χ1) is 9.20. The predicted molar refractivity (Wildman–Crippen MR) is 80.4 cm³/mol. The van der Waals surface area contributed by atoms with Crippen LogP contribution in [0.2, 0.25) is 0 Å². The Kier molecular flexibility index (Phi) is 3.35. The molecule has 2 aromatic rings. The van der Waals surface area contributed by atoms with Crippen molar-refractivity contribution in [2.45, 2.75) is 38.8 Å². The first-order valence-electron chi connectivity index (χ1n) is 6.79. The van der Waals surface area contributed by atoms with Crippen molar-refractivity contribution in [2.24, 2.45) is 0 Å². The molecule has 4 heteroatoms. The molecule has 1 saturated carbocycles. The minimum Gasteiger partial charge on any atom is -0.348 e. The number of rotatable bonds is 3. The molecule has 1 aliphatic carbocycles. The highest BCUT2D eigenvalue weighted by atomic mass is 79.9. The summed E-state index contributed by atoms with van der Waals surface area (Å²) in [5.41, 5.74) is 1.86. The molecule has 19 heavy (non-hydrogen) atoms. The lowest BCUT2D eigenvalue weighted by molar-refractivity contribution is 0.0908. The topological polar surface area (TPSA) is 34.0 Å². The fourth-order valence-electron chi connectivity index (χ4n) is 2.61. The van der Waals surface area contributed by atoms with E-state index in [9.17, 15) is 4.79 Å². The van der Waals surface area contributed by atoms with Gasteiger partial charge in [0.2, 0.25) is 0 Å². The van der Waals surface area contributed by atoms with E-state index in [0.717, 1.165) is 40.5 Å². The molecule has 0 unspecified atom stereocenters. The average molecular weight is 321 g/mol. The van der Waals surface area contributed by atoms with E-state index in [2.05, 4.69) is 32.7 Å². The maximum Gasteiger partial charge on any atom is 0.268 e. The van der Waals surface area contributed by atoms with Crippen LogP contribution in [0.3, 0.4) is 0 Å². The number of aryl methyl sites for hydroxylation is 1. The van der Waals surface area contributed by atoms with Gasteiger partial charge in [-0.15, -0.1) is 0 Å². The van der Waals surface area contributed by atoms with Crippen LogP contribution in [0.4, 0.5) is 0 Å². The summed E-state index contributed by atoms with van der Waals surface area (Å²) in [5, 5.41) is 4.22. The highest BCUT2D eigenvalue weighted by Crippen LogP contribution is 2.28. The Hall–Kier alpha value is -1.29. The van der Waals surface area contributed by atoms with E-state index in [-0.39, 0.29) is 5.91 Å². The molecule has 0 radical (unpaired) electrons. The Morgan fingerprint density at radius 1 is 1.47 bits per heavy atom. The Morgan fingerprint density at radius 2 is 2.26 bits per heavy atom. The molecule has 1 fully saturated rings. The second-order valence-corrected chi connectivity index (χ2v) is 5.91. The quantitative estimate of drug-likeness (QED) is 0.919. The molecule has 1 amide bonds. The van der Waals surface area contributed by atoms with Gasteiger partial charge in [-0.05, 0) is 54.2 Å². The smallest absolute Gasteiger partial charge is 0.268 e. The molecule has 0 atom stereocenters. The number of nitrogens with zero attached hydrogens (tertiary/aromatic N) is 1. The van der Waals surface area contributed by atoms with Crippen molar-refractivity contribution in [3.63, 3.8) is 0 Å². The molecule has 0 spiro atoms. The predicted octanol–water partition coefficient (Wildman–Crippen LogP) is 3.71. The minimum absolute atomic E-state index is 0.0506. The van der Waals surface area contributed by atoms with Crippen LogP contribution in [0.25, 0.3) is 10.9 Å². The van der Waals surface area contributed by atoms with E-state index < -0.39 is 0 Å². The van der Waals surface area contributed by atoms with Crippen molar-refractivity contribution < 1.29 is 4.79 Å². The van der Waals surface area contributed by atoms with E-state index in [1.54, 1.807) is 0 Å². The van der Waals surface area contributed by atoms with Crippen LogP contribution in [0.15, 0.2) is 28.7 Å². The largest absolute Gasteiger partial charge is 0.348 e. The first-order valence-corrected chi connectivity index (χ1v) is 7.58. The van der Waals surface area contributed by atoms with Gasteiger partial charge in [-0.25, -0.2) is 0 Å². The maximum absolute atomic E-state index is 12.4. The van der Waals surface area contributed by atoms with Gasteiger partial charge in [-0.1, -0.05) is 12.1 Å². The lowest BCUT2D eigenvalue weighted by Crippen LogP contribution is -2.40. The van der Waals surface area contributed by atoms with Crippen molar-refractivity contribution in [1.82, 2.24) is 9.88 Å². The summed E-state index contributed by atoms with van der Waals surface area (Å²) in [6.07, 6.45) is 3.46. The molecule has 1 heterocycles. The van der Waals surface area contributed by atoms with Crippen molar-refractivity contribution in [3.05, 3.63) is 34.4 Å². The molecule has 100 valence electrons. The van der Waals surface area contributed by atoms with Gasteiger partial charge in [0.05, 0.1) is 5.52 Å². The molecule has 1 aliphatic rings. The van der Waals surface area contributed by atoms with Crippen molar-refractivity contribution >= 4 is 32.7 Å². The van der Waals surface area contributed by atoms with E-state index in [4.69, 9.17) is 0 Å². The highest BCUT2D eigenvalue weighted by molar-refractivity contribution is 9.10. The summed E-state index contributed by atoms with van der Waals surface area (Å²) in [5.74, 6) is 0.0506. The number of hydrogen-bond donors (Lipinski definition) is 1. The zero-order valence-corrected chi connectivity index (χ0v) is 12.5. The fraction of sp³-hybridized carbons (Fsp3) is 0.400. The molecular formula is C15H17BrN2O. The monoisotopic (exact) mass is 320 g/mol. The Labute approximate surface area is 121 Å². The third kappa shape index (κ3) is 2.18. The van der Waals surface area contributed by atoms with Gasteiger partial charge >= 0.3 is 0 Å². The highest BCUT2D eigenvalue weighted by Gasteiger charge is 2.22. The zero-order chi connectivity index (χ0) is 13.4.